The molecule has 21 heavy (non-hydrogen) atoms. The third-order valence-corrected chi connectivity index (χ3v) is 4.23. The Balaban J connectivity index is 1.97. The minimum absolute atomic E-state index is 0.0354. The van der Waals surface area contributed by atoms with Crippen LogP contribution in [0.4, 0.5) is 0 Å². The molecule has 0 spiro atoms. The predicted molar refractivity (Wildman–Crippen MR) is 82.8 cm³/mol. The van der Waals surface area contributed by atoms with Gasteiger partial charge in [-0.1, -0.05) is 30.3 Å². The lowest BCUT2D eigenvalue weighted by atomic mass is 10.2. The van der Waals surface area contributed by atoms with Crippen molar-refractivity contribution >= 4 is 23.6 Å². The number of hydrogen-bond donors (Lipinski definition) is 0. The highest BCUT2D eigenvalue weighted by Crippen LogP contribution is 2.15. The summed E-state index contributed by atoms with van der Waals surface area (Å²) in [4.78, 5) is 27.4. The van der Waals surface area contributed by atoms with E-state index in [0.29, 0.717) is 31.3 Å². The number of amides is 2. The maximum atomic E-state index is 12.4. The minimum atomic E-state index is -0.0354. The number of benzene rings is 1. The van der Waals surface area contributed by atoms with Gasteiger partial charge < -0.3 is 14.5 Å². The fourth-order valence-corrected chi connectivity index (χ4v) is 3.00. The second-order valence-electron chi connectivity index (χ2n) is 4.86. The maximum absolute atomic E-state index is 12.4. The van der Waals surface area contributed by atoms with Crippen molar-refractivity contribution in [1.29, 1.82) is 0 Å². The van der Waals surface area contributed by atoms with Crippen LogP contribution in [0, 0.1) is 0 Å². The molecule has 114 valence electrons. The Bertz CT molecular complexity index is 481. The van der Waals surface area contributed by atoms with E-state index in [9.17, 15) is 9.59 Å². The molecule has 1 aliphatic rings. The molecule has 1 aromatic rings. The van der Waals surface area contributed by atoms with Crippen LogP contribution >= 0.6 is 11.8 Å². The third kappa shape index (κ3) is 4.75. The van der Waals surface area contributed by atoms with E-state index in [-0.39, 0.29) is 18.4 Å². The van der Waals surface area contributed by atoms with Crippen LogP contribution in [-0.4, -0.2) is 60.1 Å². The molecular weight excluding hydrogens is 288 g/mol. The average Bonchev–Trinajstić information content (AvgIpc) is 2.89. The van der Waals surface area contributed by atoms with Gasteiger partial charge in [0.2, 0.25) is 11.8 Å². The summed E-state index contributed by atoms with van der Waals surface area (Å²) in [6.45, 7) is 1.71. The summed E-state index contributed by atoms with van der Waals surface area (Å²) in [6, 6.07) is 9.84. The summed E-state index contributed by atoms with van der Waals surface area (Å²) < 4.78 is 5.07. The first-order chi connectivity index (χ1) is 10.2. The smallest absolute Gasteiger partial charge is 0.242 e. The van der Waals surface area contributed by atoms with E-state index in [1.165, 1.54) is 0 Å². The first-order valence-electron chi connectivity index (χ1n) is 6.87. The van der Waals surface area contributed by atoms with Gasteiger partial charge in [-0.2, -0.15) is 0 Å². The number of carbonyl (C=O) groups excluding carboxylic acids is 2. The average molecular weight is 308 g/mol. The molecule has 0 atom stereocenters. The van der Waals surface area contributed by atoms with Crippen LogP contribution in [0.15, 0.2) is 30.3 Å². The number of thioether (sulfide) groups is 1. The van der Waals surface area contributed by atoms with Crippen molar-refractivity contribution < 1.29 is 14.3 Å². The molecule has 0 aliphatic carbocycles. The lowest BCUT2D eigenvalue weighted by Gasteiger charge is -2.25. The zero-order chi connectivity index (χ0) is 15.1. The molecule has 0 radical (unpaired) electrons. The van der Waals surface area contributed by atoms with Crippen molar-refractivity contribution in [2.45, 2.75) is 6.54 Å². The van der Waals surface area contributed by atoms with E-state index < -0.39 is 0 Å². The first kappa shape index (κ1) is 15.9. The van der Waals surface area contributed by atoms with E-state index in [1.807, 2.05) is 30.3 Å². The van der Waals surface area contributed by atoms with Gasteiger partial charge in [-0.15, -0.1) is 11.8 Å². The molecule has 6 heteroatoms. The second kappa shape index (κ2) is 8.05. The Labute approximate surface area is 129 Å². The molecule has 0 bridgehead atoms. The van der Waals surface area contributed by atoms with Crippen LogP contribution in [0.1, 0.15) is 5.56 Å². The lowest BCUT2D eigenvalue weighted by Crippen LogP contribution is -2.42. The van der Waals surface area contributed by atoms with Crippen molar-refractivity contribution in [1.82, 2.24) is 9.80 Å². The van der Waals surface area contributed by atoms with Gasteiger partial charge in [-0.3, -0.25) is 9.59 Å². The van der Waals surface area contributed by atoms with Gasteiger partial charge in [-0.05, 0) is 5.56 Å². The Morgan fingerprint density at radius 3 is 2.76 bits per heavy atom. The molecule has 1 heterocycles. The molecule has 1 fully saturated rings. The maximum Gasteiger partial charge on any atom is 0.242 e. The van der Waals surface area contributed by atoms with Gasteiger partial charge in [0.1, 0.15) is 6.54 Å². The van der Waals surface area contributed by atoms with Crippen molar-refractivity contribution in [3.05, 3.63) is 35.9 Å². The Hall–Kier alpha value is -1.53. The van der Waals surface area contributed by atoms with Crippen LogP contribution in [0.25, 0.3) is 0 Å². The lowest BCUT2D eigenvalue weighted by molar-refractivity contribution is -0.138. The zero-order valence-corrected chi connectivity index (χ0v) is 13.0. The summed E-state index contributed by atoms with van der Waals surface area (Å²) >= 11 is 1.55. The van der Waals surface area contributed by atoms with Crippen molar-refractivity contribution in [3.63, 3.8) is 0 Å². The number of carbonyl (C=O) groups is 2. The number of rotatable bonds is 7. The van der Waals surface area contributed by atoms with Crippen LogP contribution in [0.3, 0.4) is 0 Å². The summed E-state index contributed by atoms with van der Waals surface area (Å²) in [6.07, 6.45) is 0. The van der Waals surface area contributed by atoms with Gasteiger partial charge in [0, 0.05) is 20.2 Å². The van der Waals surface area contributed by atoms with Crippen LogP contribution < -0.4 is 0 Å². The Morgan fingerprint density at radius 2 is 2.14 bits per heavy atom. The fourth-order valence-electron chi connectivity index (χ4n) is 2.10. The highest BCUT2D eigenvalue weighted by atomic mass is 32.2. The van der Waals surface area contributed by atoms with Gasteiger partial charge in [0.05, 0.1) is 18.2 Å². The van der Waals surface area contributed by atoms with Gasteiger partial charge in [0.25, 0.3) is 0 Å². The SMILES string of the molecule is COCCN(Cc1ccccc1)C(=O)CN1CSCC1=O. The quantitative estimate of drug-likeness (QED) is 0.759. The number of nitrogens with zero attached hydrogens (tertiary/aromatic N) is 2. The summed E-state index contributed by atoms with van der Waals surface area (Å²) in [5, 5.41) is 0. The second-order valence-corrected chi connectivity index (χ2v) is 5.82. The summed E-state index contributed by atoms with van der Waals surface area (Å²) in [5.74, 6) is 1.09. The largest absolute Gasteiger partial charge is 0.383 e. The molecule has 1 aliphatic heterocycles. The van der Waals surface area contributed by atoms with Crippen LogP contribution in [-0.2, 0) is 20.9 Å². The Kier molecular flexibility index (Phi) is 6.07. The minimum Gasteiger partial charge on any atom is -0.383 e. The highest BCUT2D eigenvalue weighted by Gasteiger charge is 2.25. The molecule has 0 aromatic heterocycles. The van der Waals surface area contributed by atoms with E-state index in [1.54, 1.807) is 28.7 Å². The molecule has 2 amide bonds. The number of hydrogen-bond acceptors (Lipinski definition) is 4. The standard InChI is InChI=1S/C15H20N2O3S/c1-20-8-7-16(9-13-5-3-2-4-6-13)14(18)10-17-12-21-11-15(17)19/h2-6H,7-12H2,1H3. The van der Waals surface area contributed by atoms with E-state index >= 15 is 0 Å². The molecule has 1 aromatic carbocycles. The number of methoxy groups -OCH3 is 1. The molecule has 5 nitrogen and oxygen atoms in total. The van der Waals surface area contributed by atoms with Gasteiger partial charge in [-0.25, -0.2) is 0 Å². The summed E-state index contributed by atoms with van der Waals surface area (Å²) in [5.41, 5.74) is 1.07. The molecule has 0 unspecified atom stereocenters. The highest BCUT2D eigenvalue weighted by molar-refractivity contribution is 8.00. The molecule has 1 saturated heterocycles. The van der Waals surface area contributed by atoms with Crippen molar-refractivity contribution in [2.75, 3.05) is 38.4 Å². The fraction of sp³-hybridized carbons (Fsp3) is 0.467. The van der Waals surface area contributed by atoms with Gasteiger partial charge >= 0.3 is 0 Å². The zero-order valence-electron chi connectivity index (χ0n) is 12.2. The molecule has 0 N–H and O–H groups in total. The molecule has 0 saturated carbocycles. The van der Waals surface area contributed by atoms with E-state index in [0.717, 1.165) is 5.56 Å². The predicted octanol–water partition coefficient (Wildman–Crippen LogP) is 1.19. The first-order valence-corrected chi connectivity index (χ1v) is 8.02. The van der Waals surface area contributed by atoms with Crippen molar-refractivity contribution in [2.24, 2.45) is 0 Å². The van der Waals surface area contributed by atoms with Gasteiger partial charge in [0.15, 0.2) is 0 Å². The van der Waals surface area contributed by atoms with E-state index in [2.05, 4.69) is 0 Å². The van der Waals surface area contributed by atoms with Crippen LogP contribution in [0.2, 0.25) is 0 Å². The van der Waals surface area contributed by atoms with E-state index in [4.69, 9.17) is 4.74 Å². The van der Waals surface area contributed by atoms with Crippen LogP contribution in [0.5, 0.6) is 0 Å². The summed E-state index contributed by atoms with van der Waals surface area (Å²) in [7, 11) is 1.62. The molecular formula is C15H20N2O3S. The monoisotopic (exact) mass is 308 g/mol. The number of ether oxygens (including phenoxy) is 1. The third-order valence-electron chi connectivity index (χ3n) is 3.29. The van der Waals surface area contributed by atoms with Crippen molar-refractivity contribution in [3.8, 4) is 0 Å². The topological polar surface area (TPSA) is 49.9 Å². The normalized spacial score (nSPS) is 14.5. The Morgan fingerprint density at radius 1 is 1.38 bits per heavy atom. The molecule has 2 rings (SSSR count).